The number of aromatic amines is 1. The van der Waals surface area contributed by atoms with E-state index >= 15 is 0 Å². The van der Waals surface area contributed by atoms with Gasteiger partial charge in [0.05, 0.1) is 5.52 Å². The molecule has 0 unspecified atom stereocenters. The summed E-state index contributed by atoms with van der Waals surface area (Å²) in [5, 5.41) is 4.28. The predicted octanol–water partition coefficient (Wildman–Crippen LogP) is 4.31. The number of halogens is 2. The van der Waals surface area contributed by atoms with Crippen molar-refractivity contribution in [2.45, 2.75) is 20.3 Å². The van der Waals surface area contributed by atoms with Crippen LogP contribution in [-0.2, 0) is 11.2 Å². The zero-order valence-electron chi connectivity index (χ0n) is 14.7. The lowest BCUT2D eigenvalue weighted by Gasteiger charge is -2.08. The van der Waals surface area contributed by atoms with Gasteiger partial charge in [-0.15, -0.1) is 0 Å². The van der Waals surface area contributed by atoms with Gasteiger partial charge in [-0.05, 0) is 55.7 Å². The molecule has 2 N–H and O–H groups in total. The molecular weight excluding hydrogens is 355 g/mol. The molecule has 1 aromatic heterocycles. The molecule has 3 rings (SSSR count). The number of amides is 1. The summed E-state index contributed by atoms with van der Waals surface area (Å²) in [7, 11) is 0. The second kappa shape index (κ2) is 7.79. The van der Waals surface area contributed by atoms with E-state index < -0.39 is 0 Å². The van der Waals surface area contributed by atoms with E-state index in [1.807, 2.05) is 13.8 Å². The van der Waals surface area contributed by atoms with Crippen molar-refractivity contribution in [1.82, 2.24) is 10.3 Å². The smallest absolute Gasteiger partial charge is 0.257 e. The number of carbonyl (C=O) groups is 1. The van der Waals surface area contributed by atoms with E-state index in [2.05, 4.69) is 10.3 Å². The Morgan fingerprint density at radius 3 is 2.85 bits per heavy atom. The number of aryl methyl sites for hydroxylation is 2. The standard InChI is InChI=1S/C20H20ClFN2O2/c1-12-6-7-17(22)20-19(12)16(13(2)24-20)8-9-23-18(25)11-26-15-5-3-4-14(21)10-15/h3-7,10,24H,8-9,11H2,1-2H3,(H,23,25). The fourth-order valence-electron chi connectivity index (χ4n) is 3.04. The highest BCUT2D eigenvalue weighted by atomic mass is 35.5. The number of hydrogen-bond donors (Lipinski definition) is 2. The largest absolute Gasteiger partial charge is 0.484 e. The topological polar surface area (TPSA) is 54.1 Å². The fraction of sp³-hybridized carbons (Fsp3) is 0.250. The maximum atomic E-state index is 14.0. The summed E-state index contributed by atoms with van der Waals surface area (Å²) < 4.78 is 19.4. The normalized spacial score (nSPS) is 10.9. The molecule has 136 valence electrons. The number of H-pyrrole nitrogens is 1. The second-order valence-corrected chi connectivity index (χ2v) is 6.63. The van der Waals surface area contributed by atoms with E-state index in [0.717, 1.165) is 22.2 Å². The van der Waals surface area contributed by atoms with E-state index in [0.29, 0.717) is 29.3 Å². The quantitative estimate of drug-likeness (QED) is 0.675. The maximum Gasteiger partial charge on any atom is 0.257 e. The molecule has 6 heteroatoms. The predicted molar refractivity (Wildman–Crippen MR) is 101 cm³/mol. The van der Waals surface area contributed by atoms with Gasteiger partial charge in [0, 0.05) is 22.6 Å². The van der Waals surface area contributed by atoms with Gasteiger partial charge >= 0.3 is 0 Å². The average molecular weight is 375 g/mol. The average Bonchev–Trinajstić information content (AvgIpc) is 2.94. The maximum absolute atomic E-state index is 14.0. The molecule has 1 amide bonds. The van der Waals surface area contributed by atoms with Crippen molar-refractivity contribution in [2.24, 2.45) is 0 Å². The van der Waals surface area contributed by atoms with Crippen molar-refractivity contribution in [3.8, 4) is 5.75 Å². The van der Waals surface area contributed by atoms with Crippen LogP contribution in [0.1, 0.15) is 16.8 Å². The Morgan fingerprint density at radius 2 is 2.08 bits per heavy atom. The van der Waals surface area contributed by atoms with Crippen molar-refractivity contribution >= 4 is 28.4 Å². The fourth-order valence-corrected chi connectivity index (χ4v) is 3.22. The molecule has 1 heterocycles. The van der Waals surface area contributed by atoms with Gasteiger partial charge in [-0.1, -0.05) is 23.7 Å². The molecule has 4 nitrogen and oxygen atoms in total. The van der Waals surface area contributed by atoms with Gasteiger partial charge in [-0.3, -0.25) is 4.79 Å². The third-order valence-corrected chi connectivity index (χ3v) is 4.53. The molecule has 0 atom stereocenters. The Kier molecular flexibility index (Phi) is 5.47. The van der Waals surface area contributed by atoms with Gasteiger partial charge in [-0.25, -0.2) is 4.39 Å². The number of ether oxygens (including phenoxy) is 1. The molecule has 0 bridgehead atoms. The molecular formula is C20H20ClFN2O2. The molecule has 0 saturated heterocycles. The number of rotatable bonds is 6. The number of fused-ring (bicyclic) bond motifs is 1. The van der Waals surface area contributed by atoms with Crippen LogP contribution < -0.4 is 10.1 Å². The van der Waals surface area contributed by atoms with E-state index in [9.17, 15) is 9.18 Å². The van der Waals surface area contributed by atoms with Crippen LogP contribution in [0, 0.1) is 19.7 Å². The zero-order chi connectivity index (χ0) is 18.7. The van der Waals surface area contributed by atoms with Crippen LogP contribution in [0.4, 0.5) is 4.39 Å². The number of carbonyl (C=O) groups excluding carboxylic acids is 1. The summed E-state index contributed by atoms with van der Waals surface area (Å²) in [5.41, 5.74) is 3.47. The minimum absolute atomic E-state index is 0.0825. The SMILES string of the molecule is Cc1[nH]c2c(F)ccc(C)c2c1CCNC(=O)COc1cccc(Cl)c1. The Balaban J connectivity index is 1.58. The van der Waals surface area contributed by atoms with Gasteiger partial charge < -0.3 is 15.0 Å². The van der Waals surface area contributed by atoms with Crippen LogP contribution in [0.15, 0.2) is 36.4 Å². The minimum Gasteiger partial charge on any atom is -0.484 e. The van der Waals surface area contributed by atoms with Gasteiger partial charge in [0.2, 0.25) is 0 Å². The molecule has 0 aliphatic rings. The van der Waals surface area contributed by atoms with Crippen LogP contribution in [0.25, 0.3) is 10.9 Å². The molecule has 0 saturated carbocycles. The molecule has 0 radical (unpaired) electrons. The molecule has 0 spiro atoms. The lowest BCUT2D eigenvalue weighted by molar-refractivity contribution is -0.123. The Hall–Kier alpha value is -2.53. The van der Waals surface area contributed by atoms with E-state index in [1.54, 1.807) is 30.3 Å². The third-order valence-electron chi connectivity index (χ3n) is 4.29. The first-order valence-electron chi connectivity index (χ1n) is 8.37. The van der Waals surface area contributed by atoms with Gasteiger partial charge in [-0.2, -0.15) is 0 Å². The molecule has 0 fully saturated rings. The first-order chi connectivity index (χ1) is 12.5. The van der Waals surface area contributed by atoms with Gasteiger partial charge in [0.15, 0.2) is 6.61 Å². The lowest BCUT2D eigenvalue weighted by Crippen LogP contribution is -2.30. The van der Waals surface area contributed by atoms with E-state index in [4.69, 9.17) is 16.3 Å². The number of nitrogens with one attached hydrogen (secondary N) is 2. The van der Waals surface area contributed by atoms with Crippen molar-refractivity contribution in [3.63, 3.8) is 0 Å². The molecule has 3 aromatic rings. The van der Waals surface area contributed by atoms with Crippen LogP contribution >= 0.6 is 11.6 Å². The second-order valence-electron chi connectivity index (χ2n) is 6.19. The molecule has 0 aliphatic heterocycles. The molecule has 2 aromatic carbocycles. The monoisotopic (exact) mass is 374 g/mol. The molecule has 26 heavy (non-hydrogen) atoms. The van der Waals surface area contributed by atoms with Crippen LogP contribution in [0.5, 0.6) is 5.75 Å². The number of hydrogen-bond acceptors (Lipinski definition) is 2. The summed E-state index contributed by atoms with van der Waals surface area (Å²) >= 11 is 5.88. The summed E-state index contributed by atoms with van der Waals surface area (Å²) in [6, 6.07) is 10.1. The van der Waals surface area contributed by atoms with Crippen LogP contribution in [0.2, 0.25) is 5.02 Å². The van der Waals surface area contributed by atoms with Crippen LogP contribution in [-0.4, -0.2) is 24.0 Å². The first-order valence-corrected chi connectivity index (χ1v) is 8.75. The van der Waals surface area contributed by atoms with Gasteiger partial charge in [0.25, 0.3) is 5.91 Å². The summed E-state index contributed by atoms with van der Waals surface area (Å²) in [5.74, 6) is 0.0653. The first kappa shape index (κ1) is 18.3. The highest BCUT2D eigenvalue weighted by Crippen LogP contribution is 2.27. The van der Waals surface area contributed by atoms with Crippen molar-refractivity contribution in [1.29, 1.82) is 0 Å². The number of benzene rings is 2. The Bertz CT molecular complexity index is 952. The number of aromatic nitrogens is 1. The van der Waals surface area contributed by atoms with Crippen molar-refractivity contribution in [3.05, 3.63) is 64.1 Å². The van der Waals surface area contributed by atoms with Crippen LogP contribution in [0.3, 0.4) is 0 Å². The van der Waals surface area contributed by atoms with Gasteiger partial charge in [0.1, 0.15) is 11.6 Å². The van der Waals surface area contributed by atoms with E-state index in [1.165, 1.54) is 6.07 Å². The Morgan fingerprint density at radius 1 is 1.27 bits per heavy atom. The Labute approximate surface area is 156 Å². The van der Waals surface area contributed by atoms with Crippen molar-refractivity contribution < 1.29 is 13.9 Å². The highest BCUT2D eigenvalue weighted by molar-refractivity contribution is 6.30. The zero-order valence-corrected chi connectivity index (χ0v) is 15.4. The third kappa shape index (κ3) is 3.99. The minimum atomic E-state index is -0.265. The summed E-state index contributed by atoms with van der Waals surface area (Å²) in [6.07, 6.45) is 0.610. The summed E-state index contributed by atoms with van der Waals surface area (Å²) in [6.45, 7) is 4.23. The van der Waals surface area contributed by atoms with E-state index in [-0.39, 0.29) is 18.3 Å². The highest BCUT2D eigenvalue weighted by Gasteiger charge is 2.14. The summed E-state index contributed by atoms with van der Waals surface area (Å²) in [4.78, 5) is 15.1. The lowest BCUT2D eigenvalue weighted by atomic mass is 10.0. The molecule has 0 aliphatic carbocycles. The van der Waals surface area contributed by atoms with Crippen molar-refractivity contribution in [2.75, 3.05) is 13.2 Å².